The van der Waals surface area contributed by atoms with Crippen LogP contribution in [0.3, 0.4) is 0 Å². The summed E-state index contributed by atoms with van der Waals surface area (Å²) < 4.78 is 1.81. The number of carbonyl (C=O) groups excluding carboxylic acids is 1. The molecule has 7 nitrogen and oxygen atoms in total. The molecule has 0 saturated carbocycles. The monoisotopic (exact) mass is 368 g/mol. The summed E-state index contributed by atoms with van der Waals surface area (Å²) in [6.07, 6.45) is 3.74. The highest BCUT2D eigenvalue weighted by atomic mass is 32.1. The number of hydrogen-bond donors (Lipinski definition) is 2. The molecule has 1 saturated heterocycles. The fraction of sp³-hybridized carbons (Fsp3) is 0.333. The predicted octanol–water partition coefficient (Wildman–Crippen LogP) is 2.89. The highest BCUT2D eigenvalue weighted by molar-refractivity contribution is 7.13. The molecule has 0 aliphatic carbocycles. The molecule has 1 amide bonds. The van der Waals surface area contributed by atoms with E-state index in [0.717, 1.165) is 47.9 Å². The summed E-state index contributed by atoms with van der Waals surface area (Å²) in [6, 6.07) is 7.98. The maximum absolute atomic E-state index is 12.4. The molecule has 3 aromatic rings. The van der Waals surface area contributed by atoms with Gasteiger partial charge in [0, 0.05) is 22.3 Å². The predicted molar refractivity (Wildman–Crippen MR) is 101 cm³/mol. The Balaban J connectivity index is 1.42. The Kier molecular flexibility index (Phi) is 4.77. The maximum Gasteiger partial charge on any atom is 0.277 e. The van der Waals surface area contributed by atoms with E-state index in [4.69, 9.17) is 0 Å². The zero-order valence-electron chi connectivity index (χ0n) is 14.5. The molecule has 0 radical (unpaired) electrons. The Morgan fingerprint density at radius 3 is 2.73 bits per heavy atom. The molecule has 4 rings (SSSR count). The van der Waals surface area contributed by atoms with E-state index >= 15 is 0 Å². The summed E-state index contributed by atoms with van der Waals surface area (Å²) >= 11 is 1.61. The third-order valence-electron chi connectivity index (χ3n) is 4.43. The van der Waals surface area contributed by atoms with Crippen molar-refractivity contribution in [3.63, 3.8) is 0 Å². The van der Waals surface area contributed by atoms with Gasteiger partial charge in [-0.2, -0.15) is 0 Å². The van der Waals surface area contributed by atoms with Gasteiger partial charge in [-0.05, 0) is 57.1 Å². The van der Waals surface area contributed by atoms with Crippen LogP contribution in [0.2, 0.25) is 0 Å². The van der Waals surface area contributed by atoms with E-state index in [0.29, 0.717) is 11.7 Å². The molecular weight excluding hydrogens is 348 g/mol. The number of aromatic nitrogens is 4. The molecule has 1 fully saturated rings. The van der Waals surface area contributed by atoms with Gasteiger partial charge in [0.25, 0.3) is 5.91 Å². The smallest absolute Gasteiger partial charge is 0.277 e. The topological polar surface area (TPSA) is 84.7 Å². The van der Waals surface area contributed by atoms with Crippen molar-refractivity contribution >= 4 is 22.9 Å². The van der Waals surface area contributed by atoms with Gasteiger partial charge >= 0.3 is 0 Å². The van der Waals surface area contributed by atoms with E-state index in [9.17, 15) is 4.79 Å². The molecule has 1 aromatic carbocycles. The van der Waals surface area contributed by atoms with Crippen molar-refractivity contribution in [3.05, 3.63) is 47.2 Å². The molecule has 1 aliphatic heterocycles. The molecule has 0 atom stereocenters. The van der Waals surface area contributed by atoms with E-state index in [1.165, 1.54) is 0 Å². The van der Waals surface area contributed by atoms with Gasteiger partial charge in [0.1, 0.15) is 5.01 Å². The fourth-order valence-electron chi connectivity index (χ4n) is 3.01. The van der Waals surface area contributed by atoms with Crippen LogP contribution in [-0.2, 0) is 0 Å². The highest BCUT2D eigenvalue weighted by Crippen LogP contribution is 2.25. The first-order valence-corrected chi connectivity index (χ1v) is 9.53. The Morgan fingerprint density at radius 1 is 1.27 bits per heavy atom. The SMILES string of the molecule is Cc1csc(-c2ccc(NC(=O)c3cn(C4CCNCC4)nn3)cc2)n1. The van der Waals surface area contributed by atoms with Crippen LogP contribution in [0.15, 0.2) is 35.8 Å². The summed E-state index contributed by atoms with van der Waals surface area (Å²) in [4.78, 5) is 16.9. The van der Waals surface area contributed by atoms with Crippen LogP contribution in [0.4, 0.5) is 5.69 Å². The van der Waals surface area contributed by atoms with E-state index < -0.39 is 0 Å². The minimum Gasteiger partial charge on any atom is -0.321 e. The number of nitrogens with zero attached hydrogens (tertiary/aromatic N) is 4. The lowest BCUT2D eigenvalue weighted by Crippen LogP contribution is -2.29. The molecule has 2 aromatic heterocycles. The number of nitrogens with one attached hydrogen (secondary N) is 2. The van der Waals surface area contributed by atoms with Crippen LogP contribution in [0.1, 0.15) is 35.1 Å². The number of anilines is 1. The van der Waals surface area contributed by atoms with E-state index in [2.05, 4.69) is 25.9 Å². The van der Waals surface area contributed by atoms with Crippen molar-refractivity contribution in [1.82, 2.24) is 25.3 Å². The molecule has 0 spiro atoms. The first-order valence-electron chi connectivity index (χ1n) is 8.65. The minimum absolute atomic E-state index is 0.247. The van der Waals surface area contributed by atoms with Gasteiger partial charge in [0.2, 0.25) is 0 Å². The molecule has 3 heterocycles. The first kappa shape index (κ1) is 16.9. The second-order valence-corrected chi connectivity index (χ2v) is 7.25. The maximum atomic E-state index is 12.4. The van der Waals surface area contributed by atoms with Crippen molar-refractivity contribution in [3.8, 4) is 10.6 Å². The van der Waals surface area contributed by atoms with Gasteiger partial charge < -0.3 is 10.6 Å². The third-order valence-corrected chi connectivity index (χ3v) is 5.44. The van der Waals surface area contributed by atoms with Gasteiger partial charge in [-0.1, -0.05) is 5.21 Å². The van der Waals surface area contributed by atoms with Crippen LogP contribution in [0.5, 0.6) is 0 Å². The fourth-order valence-corrected chi connectivity index (χ4v) is 3.81. The standard InChI is InChI=1S/C18H20N6OS/c1-12-11-26-18(20-12)13-2-4-14(5-3-13)21-17(25)16-10-24(23-22-16)15-6-8-19-9-7-15/h2-5,10-11,15,19H,6-9H2,1H3,(H,21,25). The number of carbonyl (C=O) groups is 1. The summed E-state index contributed by atoms with van der Waals surface area (Å²) in [6.45, 7) is 3.92. The van der Waals surface area contributed by atoms with Crippen molar-refractivity contribution in [2.24, 2.45) is 0 Å². The Hall–Kier alpha value is -2.58. The number of hydrogen-bond acceptors (Lipinski definition) is 6. The van der Waals surface area contributed by atoms with Crippen LogP contribution in [-0.4, -0.2) is 39.0 Å². The lowest BCUT2D eigenvalue weighted by Gasteiger charge is -2.22. The number of aryl methyl sites for hydroxylation is 1. The zero-order valence-corrected chi connectivity index (χ0v) is 15.3. The van der Waals surface area contributed by atoms with Gasteiger partial charge in [0.05, 0.1) is 12.2 Å². The summed E-state index contributed by atoms with van der Waals surface area (Å²) in [7, 11) is 0. The summed E-state index contributed by atoms with van der Waals surface area (Å²) in [5.74, 6) is -0.247. The molecule has 2 N–H and O–H groups in total. The van der Waals surface area contributed by atoms with Gasteiger partial charge in [-0.15, -0.1) is 16.4 Å². The van der Waals surface area contributed by atoms with Crippen molar-refractivity contribution < 1.29 is 4.79 Å². The second kappa shape index (κ2) is 7.35. The average molecular weight is 368 g/mol. The van der Waals surface area contributed by atoms with Crippen molar-refractivity contribution in [2.45, 2.75) is 25.8 Å². The number of rotatable bonds is 4. The van der Waals surface area contributed by atoms with Crippen molar-refractivity contribution in [1.29, 1.82) is 0 Å². The molecule has 0 unspecified atom stereocenters. The number of thiazole rings is 1. The molecule has 134 valence electrons. The lowest BCUT2D eigenvalue weighted by atomic mass is 10.1. The first-order chi connectivity index (χ1) is 12.7. The van der Waals surface area contributed by atoms with Crippen LogP contribution in [0, 0.1) is 6.92 Å². The van der Waals surface area contributed by atoms with Gasteiger partial charge in [-0.25, -0.2) is 9.67 Å². The molecule has 26 heavy (non-hydrogen) atoms. The number of amides is 1. The summed E-state index contributed by atoms with van der Waals surface area (Å²) in [5.41, 5.74) is 3.11. The van der Waals surface area contributed by atoms with Gasteiger partial charge in [-0.3, -0.25) is 4.79 Å². The normalized spacial score (nSPS) is 15.1. The lowest BCUT2D eigenvalue weighted by molar-refractivity contribution is 0.102. The highest BCUT2D eigenvalue weighted by Gasteiger charge is 2.18. The number of benzene rings is 1. The summed E-state index contributed by atoms with van der Waals surface area (Å²) in [5, 5.41) is 17.4. The zero-order chi connectivity index (χ0) is 17.9. The Labute approximate surface area is 155 Å². The van der Waals surface area contributed by atoms with Crippen LogP contribution in [0.25, 0.3) is 10.6 Å². The van der Waals surface area contributed by atoms with E-state index in [1.807, 2.05) is 41.3 Å². The Morgan fingerprint density at radius 2 is 2.04 bits per heavy atom. The third kappa shape index (κ3) is 3.66. The molecule has 0 bridgehead atoms. The second-order valence-electron chi connectivity index (χ2n) is 6.39. The quantitative estimate of drug-likeness (QED) is 0.740. The molecular formula is C18H20N6OS. The van der Waals surface area contributed by atoms with Crippen molar-refractivity contribution in [2.75, 3.05) is 18.4 Å². The number of piperidine rings is 1. The van der Waals surface area contributed by atoms with Crippen LogP contribution >= 0.6 is 11.3 Å². The molecule has 8 heteroatoms. The molecule has 1 aliphatic rings. The average Bonchev–Trinajstić information content (AvgIpc) is 3.32. The van der Waals surface area contributed by atoms with E-state index in [1.54, 1.807) is 17.5 Å². The van der Waals surface area contributed by atoms with Crippen LogP contribution < -0.4 is 10.6 Å². The minimum atomic E-state index is -0.247. The van der Waals surface area contributed by atoms with Gasteiger partial charge in [0.15, 0.2) is 5.69 Å². The Bertz CT molecular complexity index is 895. The van der Waals surface area contributed by atoms with E-state index in [-0.39, 0.29) is 5.91 Å². The largest absolute Gasteiger partial charge is 0.321 e.